The Labute approximate surface area is 105 Å². The maximum atomic E-state index is 11.9. The van der Waals surface area contributed by atoms with Crippen LogP contribution in [0, 0.1) is 0 Å². The van der Waals surface area contributed by atoms with Gasteiger partial charge in [0.25, 0.3) is 5.56 Å². The maximum absolute atomic E-state index is 11.9. The van der Waals surface area contributed by atoms with E-state index < -0.39 is 0 Å². The molecule has 1 fully saturated rings. The number of nitrogens with zero attached hydrogens (tertiary/aromatic N) is 2. The van der Waals surface area contributed by atoms with Crippen LogP contribution in [0.5, 0.6) is 0 Å². The number of aryl methyl sites for hydroxylation is 1. The molecule has 0 radical (unpaired) electrons. The summed E-state index contributed by atoms with van der Waals surface area (Å²) in [6.07, 6.45) is 3.54. The van der Waals surface area contributed by atoms with E-state index in [9.17, 15) is 9.59 Å². The quantitative estimate of drug-likeness (QED) is 0.777. The monoisotopic (exact) mass is 253 g/mol. The molecule has 0 aromatic carbocycles. The molecule has 0 atom stereocenters. The molecule has 1 aromatic heterocycles. The van der Waals surface area contributed by atoms with Gasteiger partial charge in [0.1, 0.15) is 0 Å². The van der Waals surface area contributed by atoms with Crippen LogP contribution in [0.4, 0.5) is 0 Å². The molecule has 0 bridgehead atoms. The fourth-order valence-electron chi connectivity index (χ4n) is 2.16. The molecule has 1 N–H and O–H groups in total. The van der Waals surface area contributed by atoms with Gasteiger partial charge in [0.05, 0.1) is 0 Å². The molecule has 6 heteroatoms. The molecule has 2 heterocycles. The summed E-state index contributed by atoms with van der Waals surface area (Å²) in [6, 6.07) is 0.390. The molecule has 18 heavy (non-hydrogen) atoms. The Hall–Kier alpha value is -1.40. The Balaban J connectivity index is 2.10. The minimum atomic E-state index is -0.296. The summed E-state index contributed by atoms with van der Waals surface area (Å²) in [5.41, 5.74) is 0.0959. The summed E-state index contributed by atoms with van der Waals surface area (Å²) >= 11 is 0. The van der Waals surface area contributed by atoms with Gasteiger partial charge < -0.3 is 14.6 Å². The molecule has 0 saturated carbocycles. The Bertz CT molecular complexity index is 526. The van der Waals surface area contributed by atoms with E-state index >= 15 is 0 Å². The summed E-state index contributed by atoms with van der Waals surface area (Å²) < 4.78 is 7.85. The number of ether oxygens (including phenoxy) is 1. The van der Waals surface area contributed by atoms with Crippen molar-refractivity contribution in [3.8, 4) is 0 Å². The Morgan fingerprint density at radius 2 is 2.00 bits per heavy atom. The van der Waals surface area contributed by atoms with Gasteiger partial charge in [-0.25, -0.2) is 4.79 Å². The summed E-state index contributed by atoms with van der Waals surface area (Å²) in [7, 11) is 3.16. The number of rotatable bonds is 3. The average Bonchev–Trinajstić information content (AvgIpc) is 2.40. The Kier molecular flexibility index (Phi) is 3.98. The molecule has 0 aliphatic carbocycles. The van der Waals surface area contributed by atoms with Gasteiger partial charge in [-0.05, 0) is 12.8 Å². The third-order valence-electron chi connectivity index (χ3n) is 3.32. The van der Waals surface area contributed by atoms with Gasteiger partial charge in [-0.3, -0.25) is 9.36 Å². The predicted octanol–water partition coefficient (Wildman–Crippen LogP) is -0.647. The van der Waals surface area contributed by atoms with E-state index in [0.29, 0.717) is 18.2 Å². The highest BCUT2D eigenvalue weighted by Gasteiger charge is 2.14. The number of hydrogen-bond acceptors (Lipinski definition) is 4. The molecular formula is C12H19N3O3. The van der Waals surface area contributed by atoms with Crippen molar-refractivity contribution in [3.63, 3.8) is 0 Å². The van der Waals surface area contributed by atoms with Crippen LogP contribution < -0.4 is 16.6 Å². The number of nitrogens with one attached hydrogen (secondary N) is 1. The van der Waals surface area contributed by atoms with Crippen molar-refractivity contribution in [1.29, 1.82) is 0 Å². The SMILES string of the molecule is Cn1cc(CNC2CCOCC2)c(=O)n(C)c1=O. The topological polar surface area (TPSA) is 65.3 Å². The summed E-state index contributed by atoms with van der Waals surface area (Å²) in [6.45, 7) is 2.03. The zero-order chi connectivity index (χ0) is 13.1. The molecular weight excluding hydrogens is 234 g/mol. The number of aromatic nitrogens is 2. The van der Waals surface area contributed by atoms with Crippen LogP contribution in [-0.2, 0) is 25.4 Å². The van der Waals surface area contributed by atoms with Crippen molar-refractivity contribution in [3.05, 3.63) is 32.6 Å². The smallest absolute Gasteiger partial charge is 0.330 e. The Morgan fingerprint density at radius 1 is 1.33 bits per heavy atom. The van der Waals surface area contributed by atoms with Crippen molar-refractivity contribution in [2.24, 2.45) is 14.1 Å². The highest BCUT2D eigenvalue weighted by molar-refractivity contribution is 5.05. The van der Waals surface area contributed by atoms with Gasteiger partial charge in [0.2, 0.25) is 0 Å². The minimum absolute atomic E-state index is 0.224. The normalized spacial score (nSPS) is 17.0. The van der Waals surface area contributed by atoms with Crippen molar-refractivity contribution in [2.45, 2.75) is 25.4 Å². The molecule has 1 aliphatic heterocycles. The molecule has 100 valence electrons. The van der Waals surface area contributed by atoms with E-state index in [1.807, 2.05) is 0 Å². The van der Waals surface area contributed by atoms with Crippen LogP contribution in [0.3, 0.4) is 0 Å². The standard InChI is InChI=1S/C12H19N3O3/c1-14-8-9(11(16)15(2)12(14)17)7-13-10-3-5-18-6-4-10/h8,10,13H,3-7H2,1-2H3. The lowest BCUT2D eigenvalue weighted by Crippen LogP contribution is -2.41. The molecule has 6 nitrogen and oxygen atoms in total. The molecule has 0 amide bonds. The first-order chi connectivity index (χ1) is 8.59. The fraction of sp³-hybridized carbons (Fsp3) is 0.667. The van der Waals surface area contributed by atoms with E-state index in [0.717, 1.165) is 30.6 Å². The Morgan fingerprint density at radius 3 is 2.67 bits per heavy atom. The first-order valence-electron chi connectivity index (χ1n) is 6.16. The predicted molar refractivity (Wildman–Crippen MR) is 67.6 cm³/mol. The van der Waals surface area contributed by atoms with Crippen molar-refractivity contribution in [1.82, 2.24) is 14.5 Å². The lowest BCUT2D eigenvalue weighted by Gasteiger charge is -2.23. The summed E-state index contributed by atoms with van der Waals surface area (Å²) in [4.78, 5) is 23.4. The van der Waals surface area contributed by atoms with Crippen LogP contribution in [0.15, 0.2) is 15.8 Å². The van der Waals surface area contributed by atoms with Gasteiger partial charge in [-0.1, -0.05) is 0 Å². The zero-order valence-corrected chi connectivity index (χ0v) is 10.8. The van der Waals surface area contributed by atoms with Crippen LogP contribution in [0.2, 0.25) is 0 Å². The molecule has 1 aromatic rings. The summed E-state index contributed by atoms with van der Waals surface area (Å²) in [5.74, 6) is 0. The van der Waals surface area contributed by atoms with Gasteiger partial charge >= 0.3 is 5.69 Å². The molecule has 1 aliphatic rings. The van der Waals surface area contributed by atoms with E-state index in [1.54, 1.807) is 13.2 Å². The molecule has 0 unspecified atom stereocenters. The fourth-order valence-corrected chi connectivity index (χ4v) is 2.16. The zero-order valence-electron chi connectivity index (χ0n) is 10.8. The van der Waals surface area contributed by atoms with E-state index in [1.165, 1.54) is 11.6 Å². The second-order valence-corrected chi connectivity index (χ2v) is 4.68. The van der Waals surface area contributed by atoms with Crippen LogP contribution >= 0.6 is 0 Å². The van der Waals surface area contributed by atoms with E-state index in [-0.39, 0.29) is 11.2 Å². The molecule has 0 spiro atoms. The lowest BCUT2D eigenvalue weighted by atomic mass is 10.1. The highest BCUT2D eigenvalue weighted by Crippen LogP contribution is 2.06. The minimum Gasteiger partial charge on any atom is -0.381 e. The van der Waals surface area contributed by atoms with Crippen molar-refractivity contribution in [2.75, 3.05) is 13.2 Å². The van der Waals surface area contributed by atoms with Crippen molar-refractivity contribution < 1.29 is 4.74 Å². The molecule has 2 rings (SSSR count). The molecule has 1 saturated heterocycles. The second-order valence-electron chi connectivity index (χ2n) is 4.68. The first kappa shape index (κ1) is 13.0. The van der Waals surface area contributed by atoms with Gasteiger partial charge in [-0.2, -0.15) is 0 Å². The van der Waals surface area contributed by atoms with Gasteiger partial charge in [0, 0.05) is 51.7 Å². The summed E-state index contributed by atoms with van der Waals surface area (Å²) in [5, 5.41) is 3.34. The number of hydrogen-bond donors (Lipinski definition) is 1. The van der Waals surface area contributed by atoms with Crippen LogP contribution in [-0.4, -0.2) is 28.4 Å². The second kappa shape index (κ2) is 5.49. The highest BCUT2D eigenvalue weighted by atomic mass is 16.5. The van der Waals surface area contributed by atoms with E-state index in [2.05, 4.69) is 5.32 Å². The average molecular weight is 253 g/mol. The third-order valence-corrected chi connectivity index (χ3v) is 3.32. The van der Waals surface area contributed by atoms with Crippen LogP contribution in [0.25, 0.3) is 0 Å². The van der Waals surface area contributed by atoms with Gasteiger partial charge in [-0.15, -0.1) is 0 Å². The first-order valence-corrected chi connectivity index (χ1v) is 6.16. The van der Waals surface area contributed by atoms with Crippen molar-refractivity contribution >= 4 is 0 Å². The van der Waals surface area contributed by atoms with E-state index in [4.69, 9.17) is 4.74 Å². The largest absolute Gasteiger partial charge is 0.381 e. The third kappa shape index (κ3) is 2.70. The maximum Gasteiger partial charge on any atom is 0.330 e. The lowest BCUT2D eigenvalue weighted by molar-refractivity contribution is 0.0775. The van der Waals surface area contributed by atoms with Gasteiger partial charge in [0.15, 0.2) is 0 Å². The van der Waals surface area contributed by atoms with Crippen LogP contribution in [0.1, 0.15) is 18.4 Å².